The molecule has 0 aromatic heterocycles. The van der Waals surface area contributed by atoms with E-state index < -0.39 is 11.0 Å². The van der Waals surface area contributed by atoms with E-state index in [2.05, 4.69) is 0 Å². The number of likely N-dealkylation sites (tertiary alicyclic amines) is 1. The minimum atomic E-state index is -0.508. The van der Waals surface area contributed by atoms with Crippen LogP contribution in [-0.2, 0) is 14.3 Å². The first-order chi connectivity index (χ1) is 9.85. The summed E-state index contributed by atoms with van der Waals surface area (Å²) in [5, 5.41) is 0. The largest absolute Gasteiger partial charge is 0.444 e. The van der Waals surface area contributed by atoms with E-state index in [0.29, 0.717) is 25.5 Å². The summed E-state index contributed by atoms with van der Waals surface area (Å²) in [7, 11) is 0. The first-order valence-corrected chi connectivity index (χ1v) is 7.97. The number of Topliss-reactive ketones (excluding diaryl/α,β-unsaturated/α-hetero) is 1. The molecule has 5 heteroatoms. The fourth-order valence-electron chi connectivity index (χ4n) is 4.07. The standard InChI is InChI=1S/C16H25NO4/c1-15(2,3)21-14(19)17-8-5-4-6-11-12(17)16(13(11)18)7-9-20-10-16/h11-12H,4-10H2,1-3H3/t11-,12+,16?/m1/s1. The molecule has 3 rings (SSSR count). The van der Waals surface area contributed by atoms with Gasteiger partial charge in [-0.2, -0.15) is 0 Å². The van der Waals surface area contributed by atoms with Gasteiger partial charge in [0.2, 0.25) is 0 Å². The maximum atomic E-state index is 12.6. The third-order valence-electron chi connectivity index (χ3n) is 4.95. The van der Waals surface area contributed by atoms with Crippen molar-refractivity contribution in [1.82, 2.24) is 4.90 Å². The normalized spacial score (nSPS) is 36.1. The molecule has 118 valence electrons. The average Bonchev–Trinajstić information content (AvgIpc) is 2.80. The second-order valence-electron chi connectivity index (χ2n) is 7.54. The first kappa shape index (κ1) is 14.8. The maximum Gasteiger partial charge on any atom is 0.410 e. The number of hydrogen-bond donors (Lipinski definition) is 0. The lowest BCUT2D eigenvalue weighted by atomic mass is 9.55. The highest BCUT2D eigenvalue weighted by molar-refractivity contribution is 5.96. The first-order valence-electron chi connectivity index (χ1n) is 7.97. The summed E-state index contributed by atoms with van der Waals surface area (Å²) in [5.74, 6) is 0.294. The number of amides is 1. The Morgan fingerprint density at radius 1 is 1.38 bits per heavy atom. The van der Waals surface area contributed by atoms with E-state index in [4.69, 9.17) is 9.47 Å². The molecule has 5 nitrogen and oxygen atoms in total. The van der Waals surface area contributed by atoms with Gasteiger partial charge in [-0.3, -0.25) is 4.79 Å². The maximum absolute atomic E-state index is 12.6. The minimum absolute atomic E-state index is 0.0123. The van der Waals surface area contributed by atoms with Gasteiger partial charge >= 0.3 is 6.09 Å². The molecule has 1 amide bonds. The third kappa shape index (κ3) is 2.35. The summed E-state index contributed by atoms with van der Waals surface area (Å²) >= 11 is 0. The van der Waals surface area contributed by atoms with Crippen molar-refractivity contribution in [2.24, 2.45) is 11.3 Å². The number of carbonyl (C=O) groups is 2. The Bertz CT molecular complexity index is 448. The van der Waals surface area contributed by atoms with Gasteiger partial charge in [-0.1, -0.05) is 6.42 Å². The van der Waals surface area contributed by atoms with E-state index in [1.54, 1.807) is 0 Å². The Labute approximate surface area is 126 Å². The van der Waals surface area contributed by atoms with Crippen LogP contribution < -0.4 is 0 Å². The number of hydrogen-bond acceptors (Lipinski definition) is 4. The Morgan fingerprint density at radius 3 is 2.76 bits per heavy atom. The monoisotopic (exact) mass is 295 g/mol. The van der Waals surface area contributed by atoms with Gasteiger partial charge in [-0.05, 0) is 40.0 Å². The Balaban J connectivity index is 1.84. The zero-order valence-electron chi connectivity index (χ0n) is 13.2. The number of rotatable bonds is 0. The van der Waals surface area contributed by atoms with Gasteiger partial charge < -0.3 is 14.4 Å². The van der Waals surface area contributed by atoms with Gasteiger partial charge in [0.1, 0.15) is 11.4 Å². The van der Waals surface area contributed by atoms with Gasteiger partial charge in [0, 0.05) is 19.1 Å². The molecule has 0 aromatic rings. The Kier molecular flexibility index (Phi) is 3.51. The molecule has 3 aliphatic rings. The van der Waals surface area contributed by atoms with E-state index in [0.717, 1.165) is 25.7 Å². The zero-order chi connectivity index (χ0) is 15.3. The lowest BCUT2D eigenvalue weighted by Gasteiger charge is -2.54. The van der Waals surface area contributed by atoms with Gasteiger partial charge in [0.05, 0.1) is 18.1 Å². The lowest BCUT2D eigenvalue weighted by Crippen LogP contribution is -2.69. The zero-order valence-corrected chi connectivity index (χ0v) is 13.2. The van der Waals surface area contributed by atoms with Crippen molar-refractivity contribution in [3.63, 3.8) is 0 Å². The molecular formula is C16H25NO4. The number of nitrogens with zero attached hydrogens (tertiary/aromatic N) is 1. The third-order valence-corrected chi connectivity index (χ3v) is 4.95. The van der Waals surface area contributed by atoms with Crippen molar-refractivity contribution in [3.05, 3.63) is 0 Å². The quantitative estimate of drug-likeness (QED) is 0.688. The van der Waals surface area contributed by atoms with Gasteiger partial charge in [-0.15, -0.1) is 0 Å². The Morgan fingerprint density at radius 2 is 2.14 bits per heavy atom. The molecule has 2 aliphatic heterocycles. The summed E-state index contributed by atoms with van der Waals surface area (Å²) in [6, 6.07) is -0.0233. The van der Waals surface area contributed by atoms with Crippen molar-refractivity contribution >= 4 is 11.9 Å². The highest BCUT2D eigenvalue weighted by Crippen LogP contribution is 2.53. The molecule has 1 unspecified atom stereocenters. The van der Waals surface area contributed by atoms with Crippen LogP contribution in [0.4, 0.5) is 4.79 Å². The molecule has 2 heterocycles. The molecule has 1 saturated carbocycles. The summed E-state index contributed by atoms with van der Waals surface area (Å²) in [4.78, 5) is 26.9. The molecule has 1 spiro atoms. The van der Waals surface area contributed by atoms with Crippen LogP contribution in [0.2, 0.25) is 0 Å². The number of ketones is 1. The van der Waals surface area contributed by atoms with Gasteiger partial charge in [0.25, 0.3) is 0 Å². The van der Waals surface area contributed by atoms with Crippen LogP contribution in [0.25, 0.3) is 0 Å². The van der Waals surface area contributed by atoms with E-state index in [1.807, 2.05) is 25.7 Å². The smallest absolute Gasteiger partial charge is 0.410 e. The van der Waals surface area contributed by atoms with Crippen LogP contribution in [0.3, 0.4) is 0 Å². The average molecular weight is 295 g/mol. The van der Waals surface area contributed by atoms with E-state index in [-0.39, 0.29) is 18.1 Å². The van der Waals surface area contributed by atoms with Crippen molar-refractivity contribution in [3.8, 4) is 0 Å². The molecule has 0 N–H and O–H groups in total. The van der Waals surface area contributed by atoms with E-state index >= 15 is 0 Å². The van der Waals surface area contributed by atoms with Crippen LogP contribution >= 0.6 is 0 Å². The molecule has 1 aliphatic carbocycles. The van der Waals surface area contributed by atoms with Crippen molar-refractivity contribution in [2.75, 3.05) is 19.8 Å². The number of ether oxygens (including phenoxy) is 2. The summed E-state index contributed by atoms with van der Waals surface area (Å²) in [5.41, 5.74) is -0.960. The summed E-state index contributed by atoms with van der Waals surface area (Å²) in [6.07, 6.45) is 3.30. The Hall–Kier alpha value is -1.10. The fourth-order valence-corrected chi connectivity index (χ4v) is 4.07. The fraction of sp³-hybridized carbons (Fsp3) is 0.875. The summed E-state index contributed by atoms with van der Waals surface area (Å²) < 4.78 is 11.1. The molecule has 3 fully saturated rings. The second kappa shape index (κ2) is 4.97. The van der Waals surface area contributed by atoms with Crippen molar-refractivity contribution in [1.29, 1.82) is 0 Å². The van der Waals surface area contributed by atoms with Gasteiger partial charge in [-0.25, -0.2) is 4.79 Å². The van der Waals surface area contributed by atoms with Crippen molar-refractivity contribution < 1.29 is 19.1 Å². The molecule has 0 aromatic carbocycles. The van der Waals surface area contributed by atoms with Crippen LogP contribution in [0, 0.1) is 11.3 Å². The van der Waals surface area contributed by atoms with Crippen molar-refractivity contribution in [2.45, 2.75) is 58.1 Å². The van der Waals surface area contributed by atoms with E-state index in [9.17, 15) is 9.59 Å². The van der Waals surface area contributed by atoms with Crippen LogP contribution in [0.15, 0.2) is 0 Å². The molecule has 0 radical (unpaired) electrons. The number of carbonyl (C=O) groups excluding carboxylic acids is 2. The van der Waals surface area contributed by atoms with Crippen LogP contribution in [0.1, 0.15) is 46.5 Å². The lowest BCUT2D eigenvalue weighted by molar-refractivity contribution is -0.159. The SMILES string of the molecule is CC(C)(C)OC(=O)N1CCCC[C@H]2C(=O)C3(CCOC3)[C@H]21. The molecule has 0 bridgehead atoms. The molecule has 2 saturated heterocycles. The van der Waals surface area contributed by atoms with Crippen LogP contribution in [0.5, 0.6) is 0 Å². The topological polar surface area (TPSA) is 55.8 Å². The second-order valence-corrected chi connectivity index (χ2v) is 7.54. The highest BCUT2D eigenvalue weighted by atomic mass is 16.6. The minimum Gasteiger partial charge on any atom is -0.444 e. The highest BCUT2D eigenvalue weighted by Gasteiger charge is 2.66. The predicted molar refractivity (Wildman–Crippen MR) is 76.9 cm³/mol. The molecule has 21 heavy (non-hydrogen) atoms. The number of fused-ring (bicyclic) bond motifs is 2. The molecular weight excluding hydrogens is 270 g/mol. The predicted octanol–water partition coefficient (Wildman–Crippen LogP) is 2.38. The molecule has 3 atom stereocenters. The summed E-state index contributed by atoms with van der Waals surface area (Å²) in [6.45, 7) is 7.40. The van der Waals surface area contributed by atoms with E-state index in [1.165, 1.54) is 0 Å². The van der Waals surface area contributed by atoms with Crippen LogP contribution in [-0.4, -0.2) is 48.2 Å². The van der Waals surface area contributed by atoms with Gasteiger partial charge in [0.15, 0.2) is 0 Å².